The molecule has 0 saturated heterocycles. The average molecular weight is 498 g/mol. The summed E-state index contributed by atoms with van der Waals surface area (Å²) in [5, 5.41) is 3.05. The highest BCUT2D eigenvalue weighted by Crippen LogP contribution is 2.27. The number of ether oxygens (including phenoxy) is 1. The van der Waals surface area contributed by atoms with Gasteiger partial charge < -0.3 is 14.6 Å². The molecule has 1 aromatic heterocycles. The second-order valence-electron chi connectivity index (χ2n) is 10.1. The Hall–Kier alpha value is -3.60. The molecular weight excluding hydrogens is 458 g/mol. The van der Waals surface area contributed by atoms with E-state index in [0.29, 0.717) is 24.6 Å². The Bertz CT molecular complexity index is 1340. The molecule has 0 saturated carbocycles. The van der Waals surface area contributed by atoms with E-state index in [4.69, 9.17) is 9.72 Å². The molecule has 0 atom stereocenters. The number of carbonyl (C=O) groups excluding carboxylic acids is 1. The Balaban J connectivity index is 1.31. The van der Waals surface area contributed by atoms with Crippen molar-refractivity contribution in [2.24, 2.45) is 0 Å². The molecule has 0 spiro atoms. The number of carbonyl (C=O) groups is 1. The van der Waals surface area contributed by atoms with Gasteiger partial charge in [0.15, 0.2) is 0 Å². The molecule has 0 bridgehead atoms. The fourth-order valence-electron chi connectivity index (χ4n) is 4.70. The molecule has 1 heterocycles. The highest BCUT2D eigenvalue weighted by Gasteiger charge is 2.12. The van der Waals surface area contributed by atoms with Gasteiger partial charge in [-0.2, -0.15) is 0 Å². The molecule has 4 aromatic rings. The van der Waals surface area contributed by atoms with Crippen molar-refractivity contribution in [2.45, 2.75) is 65.8 Å². The van der Waals surface area contributed by atoms with Crippen LogP contribution in [0.25, 0.3) is 11.0 Å². The Kier molecular flexibility index (Phi) is 8.99. The quantitative estimate of drug-likeness (QED) is 0.214. The minimum atomic E-state index is -0.0218. The molecule has 0 aliphatic carbocycles. The van der Waals surface area contributed by atoms with Crippen LogP contribution in [0.1, 0.15) is 71.9 Å². The van der Waals surface area contributed by atoms with Crippen molar-refractivity contribution in [3.8, 4) is 5.75 Å². The number of aryl methyl sites for hydroxylation is 4. The predicted molar refractivity (Wildman–Crippen MR) is 152 cm³/mol. The van der Waals surface area contributed by atoms with Gasteiger partial charge in [0.25, 0.3) is 5.91 Å². The molecule has 0 fully saturated rings. The van der Waals surface area contributed by atoms with E-state index in [1.165, 1.54) is 16.6 Å². The monoisotopic (exact) mass is 497 g/mol. The average Bonchev–Trinajstić information content (AvgIpc) is 3.23. The molecule has 194 valence electrons. The Morgan fingerprint density at radius 2 is 1.76 bits per heavy atom. The van der Waals surface area contributed by atoms with Crippen LogP contribution in [-0.4, -0.2) is 28.6 Å². The number of fused-ring (bicyclic) bond motifs is 1. The second kappa shape index (κ2) is 12.6. The van der Waals surface area contributed by atoms with Gasteiger partial charge in [-0.1, -0.05) is 55.8 Å². The maximum atomic E-state index is 12.5. The number of rotatable bonds is 12. The number of hydrogen-bond donors (Lipinski definition) is 1. The van der Waals surface area contributed by atoms with Gasteiger partial charge >= 0.3 is 0 Å². The minimum Gasteiger partial charge on any atom is -0.493 e. The molecule has 1 amide bonds. The van der Waals surface area contributed by atoms with Crippen molar-refractivity contribution < 1.29 is 9.53 Å². The van der Waals surface area contributed by atoms with E-state index in [-0.39, 0.29) is 5.91 Å². The summed E-state index contributed by atoms with van der Waals surface area (Å²) in [4.78, 5) is 17.4. The van der Waals surface area contributed by atoms with Crippen LogP contribution in [0.2, 0.25) is 0 Å². The van der Waals surface area contributed by atoms with E-state index < -0.39 is 0 Å². The second-order valence-corrected chi connectivity index (χ2v) is 10.1. The molecule has 5 heteroatoms. The largest absolute Gasteiger partial charge is 0.493 e. The van der Waals surface area contributed by atoms with Crippen LogP contribution in [-0.2, 0) is 13.0 Å². The zero-order chi connectivity index (χ0) is 26.2. The van der Waals surface area contributed by atoms with E-state index in [1.807, 2.05) is 37.3 Å². The van der Waals surface area contributed by atoms with Gasteiger partial charge in [0, 0.05) is 25.1 Å². The van der Waals surface area contributed by atoms with Gasteiger partial charge in [-0.3, -0.25) is 4.79 Å². The van der Waals surface area contributed by atoms with Gasteiger partial charge in [-0.05, 0) is 80.5 Å². The smallest absolute Gasteiger partial charge is 0.251 e. The van der Waals surface area contributed by atoms with Crippen molar-refractivity contribution in [3.05, 3.63) is 94.8 Å². The molecule has 37 heavy (non-hydrogen) atoms. The number of unbranched alkanes of at least 4 members (excludes halogenated alkanes) is 1. The first-order valence-electron chi connectivity index (χ1n) is 13.4. The molecule has 0 unspecified atom stereocenters. The molecule has 0 radical (unpaired) electrons. The third kappa shape index (κ3) is 7.00. The maximum absolute atomic E-state index is 12.5. The van der Waals surface area contributed by atoms with Crippen LogP contribution < -0.4 is 10.1 Å². The molecule has 4 rings (SSSR count). The number of aromatic nitrogens is 2. The van der Waals surface area contributed by atoms with E-state index >= 15 is 0 Å². The SMILES string of the molecule is Cc1cccc(C(=O)NCCCc2nc3ccccc3n2CCCCOc2cc(C)ccc2C(C)C)c1. The number of nitrogens with one attached hydrogen (secondary N) is 1. The summed E-state index contributed by atoms with van der Waals surface area (Å²) in [6, 6.07) is 22.5. The fourth-order valence-corrected chi connectivity index (χ4v) is 4.70. The maximum Gasteiger partial charge on any atom is 0.251 e. The van der Waals surface area contributed by atoms with Gasteiger partial charge in [0.1, 0.15) is 11.6 Å². The minimum absolute atomic E-state index is 0.0218. The summed E-state index contributed by atoms with van der Waals surface area (Å²) in [6.45, 7) is 10.7. The molecule has 0 aliphatic heterocycles. The number of imidazole rings is 1. The fraction of sp³-hybridized carbons (Fsp3) is 0.375. The van der Waals surface area contributed by atoms with Crippen molar-refractivity contribution in [1.29, 1.82) is 0 Å². The lowest BCUT2D eigenvalue weighted by molar-refractivity contribution is 0.0953. The third-order valence-corrected chi connectivity index (χ3v) is 6.70. The predicted octanol–water partition coefficient (Wildman–Crippen LogP) is 7.00. The number of hydrogen-bond acceptors (Lipinski definition) is 3. The molecular formula is C32H39N3O2. The van der Waals surface area contributed by atoms with Crippen molar-refractivity contribution >= 4 is 16.9 Å². The third-order valence-electron chi connectivity index (χ3n) is 6.70. The number of nitrogens with zero attached hydrogens (tertiary/aromatic N) is 2. The van der Waals surface area contributed by atoms with Crippen molar-refractivity contribution in [1.82, 2.24) is 14.9 Å². The molecule has 0 aliphatic rings. The highest BCUT2D eigenvalue weighted by atomic mass is 16.5. The first-order valence-corrected chi connectivity index (χ1v) is 13.4. The first kappa shape index (κ1) is 26.5. The Labute approximate surface area is 220 Å². The van der Waals surface area contributed by atoms with Crippen LogP contribution in [0.5, 0.6) is 5.75 Å². The summed E-state index contributed by atoms with van der Waals surface area (Å²) in [5.41, 5.74) is 6.49. The normalized spacial score (nSPS) is 11.3. The zero-order valence-electron chi connectivity index (χ0n) is 22.6. The summed E-state index contributed by atoms with van der Waals surface area (Å²) in [7, 11) is 0. The van der Waals surface area contributed by atoms with Crippen LogP contribution in [0, 0.1) is 13.8 Å². The van der Waals surface area contributed by atoms with Gasteiger partial charge in [-0.15, -0.1) is 0 Å². The lowest BCUT2D eigenvalue weighted by Crippen LogP contribution is -2.25. The summed E-state index contributed by atoms with van der Waals surface area (Å²) >= 11 is 0. The van der Waals surface area contributed by atoms with E-state index in [9.17, 15) is 4.79 Å². The first-order chi connectivity index (χ1) is 17.9. The van der Waals surface area contributed by atoms with E-state index in [0.717, 1.165) is 54.9 Å². The topological polar surface area (TPSA) is 56.2 Å². The van der Waals surface area contributed by atoms with Crippen LogP contribution >= 0.6 is 0 Å². The van der Waals surface area contributed by atoms with Gasteiger partial charge in [0.2, 0.25) is 0 Å². The van der Waals surface area contributed by atoms with Gasteiger partial charge in [-0.25, -0.2) is 4.98 Å². The highest BCUT2D eigenvalue weighted by molar-refractivity contribution is 5.94. The molecule has 5 nitrogen and oxygen atoms in total. The van der Waals surface area contributed by atoms with Crippen molar-refractivity contribution in [2.75, 3.05) is 13.2 Å². The number of benzene rings is 3. The van der Waals surface area contributed by atoms with E-state index in [1.54, 1.807) is 0 Å². The van der Waals surface area contributed by atoms with Crippen molar-refractivity contribution in [3.63, 3.8) is 0 Å². The van der Waals surface area contributed by atoms with Gasteiger partial charge in [0.05, 0.1) is 17.6 Å². The van der Waals surface area contributed by atoms with Crippen LogP contribution in [0.3, 0.4) is 0 Å². The van der Waals surface area contributed by atoms with Crippen LogP contribution in [0.15, 0.2) is 66.7 Å². The Morgan fingerprint density at radius 3 is 2.57 bits per heavy atom. The van der Waals surface area contributed by atoms with E-state index in [2.05, 4.69) is 67.1 Å². The lowest BCUT2D eigenvalue weighted by Gasteiger charge is -2.15. The summed E-state index contributed by atoms with van der Waals surface area (Å²) in [5.74, 6) is 2.51. The lowest BCUT2D eigenvalue weighted by atomic mass is 10.0. The molecule has 1 N–H and O–H groups in total. The standard InChI is InChI=1S/C32H39N3O2/c1-23(2)27-17-16-25(4)22-30(27)37-20-8-7-19-35-29-14-6-5-13-28(29)34-31(35)15-10-18-33-32(36)26-12-9-11-24(3)21-26/h5-6,9,11-14,16-17,21-23H,7-8,10,15,18-20H2,1-4H3,(H,33,36). The zero-order valence-corrected chi connectivity index (χ0v) is 22.6. The summed E-state index contributed by atoms with van der Waals surface area (Å²) in [6.07, 6.45) is 3.65. The summed E-state index contributed by atoms with van der Waals surface area (Å²) < 4.78 is 8.53. The molecule has 3 aromatic carbocycles. The number of para-hydroxylation sites is 2. The van der Waals surface area contributed by atoms with Crippen LogP contribution in [0.4, 0.5) is 0 Å². The number of amides is 1. The Morgan fingerprint density at radius 1 is 0.946 bits per heavy atom.